The van der Waals surface area contributed by atoms with Crippen molar-refractivity contribution in [1.82, 2.24) is 4.98 Å². The van der Waals surface area contributed by atoms with E-state index in [1.165, 1.54) is 0 Å². The van der Waals surface area contributed by atoms with Crippen LogP contribution in [0.4, 0.5) is 0 Å². The standard InChI is InChI=1S/C26H19NO4/c1-16-11-12-19-23(13-16)31-25(17-7-3-2-4-8-17)26(24(19)29)30-15-22(28)20-14-27-21-10-6-5-9-18(20)21/h2-14,27H,15H2,1H3. The Morgan fingerprint density at radius 3 is 2.58 bits per heavy atom. The summed E-state index contributed by atoms with van der Waals surface area (Å²) < 4.78 is 11.9. The molecule has 0 bridgehead atoms. The van der Waals surface area contributed by atoms with Crippen LogP contribution in [-0.4, -0.2) is 17.4 Å². The molecule has 0 spiro atoms. The van der Waals surface area contributed by atoms with Crippen LogP contribution < -0.4 is 10.2 Å². The van der Waals surface area contributed by atoms with Crippen molar-refractivity contribution in [2.24, 2.45) is 0 Å². The van der Waals surface area contributed by atoms with Crippen molar-refractivity contribution >= 4 is 27.7 Å². The summed E-state index contributed by atoms with van der Waals surface area (Å²) in [6.07, 6.45) is 1.67. The van der Waals surface area contributed by atoms with Crippen LogP contribution in [0.5, 0.6) is 5.75 Å². The molecule has 0 atom stereocenters. The van der Waals surface area contributed by atoms with Crippen LogP contribution in [0, 0.1) is 6.92 Å². The molecule has 0 fully saturated rings. The smallest absolute Gasteiger partial charge is 0.235 e. The predicted molar refractivity (Wildman–Crippen MR) is 121 cm³/mol. The van der Waals surface area contributed by atoms with E-state index < -0.39 is 0 Å². The number of ether oxygens (including phenoxy) is 1. The van der Waals surface area contributed by atoms with E-state index in [-0.39, 0.29) is 23.6 Å². The van der Waals surface area contributed by atoms with E-state index >= 15 is 0 Å². The number of aromatic nitrogens is 1. The SMILES string of the molecule is Cc1ccc2c(=O)c(OCC(=O)c3c[nH]c4ccccc34)c(-c3ccccc3)oc2c1. The molecule has 2 aromatic heterocycles. The Labute approximate surface area is 177 Å². The van der Waals surface area contributed by atoms with Gasteiger partial charge in [0.05, 0.1) is 5.39 Å². The van der Waals surface area contributed by atoms with Crippen molar-refractivity contribution in [1.29, 1.82) is 0 Å². The van der Waals surface area contributed by atoms with Crippen LogP contribution in [-0.2, 0) is 0 Å². The van der Waals surface area contributed by atoms with Gasteiger partial charge in [-0.1, -0.05) is 54.6 Å². The van der Waals surface area contributed by atoms with Crippen molar-refractivity contribution in [3.63, 3.8) is 0 Å². The van der Waals surface area contributed by atoms with Crippen molar-refractivity contribution in [2.75, 3.05) is 6.61 Å². The number of para-hydroxylation sites is 1. The third-order valence-electron chi connectivity index (χ3n) is 5.28. The van der Waals surface area contributed by atoms with Crippen LogP contribution in [0.3, 0.4) is 0 Å². The first kappa shape index (κ1) is 18.9. The van der Waals surface area contributed by atoms with E-state index in [4.69, 9.17) is 9.15 Å². The third kappa shape index (κ3) is 3.40. The molecule has 0 aliphatic rings. The van der Waals surface area contributed by atoms with Crippen molar-refractivity contribution in [2.45, 2.75) is 6.92 Å². The molecule has 5 nitrogen and oxygen atoms in total. The number of carbonyl (C=O) groups excluding carboxylic acids is 1. The summed E-state index contributed by atoms with van der Waals surface area (Å²) in [5.74, 6) is 0.131. The minimum absolute atomic E-state index is 0.0377. The number of ketones is 1. The zero-order valence-electron chi connectivity index (χ0n) is 16.8. The molecule has 5 heteroatoms. The van der Waals surface area contributed by atoms with E-state index in [0.29, 0.717) is 27.9 Å². The Hall–Kier alpha value is -4.12. The van der Waals surface area contributed by atoms with Gasteiger partial charge in [0.25, 0.3) is 0 Å². The summed E-state index contributed by atoms with van der Waals surface area (Å²) in [4.78, 5) is 29.2. The summed E-state index contributed by atoms with van der Waals surface area (Å²) >= 11 is 0. The normalized spacial score (nSPS) is 11.1. The van der Waals surface area contributed by atoms with Gasteiger partial charge in [0.15, 0.2) is 12.4 Å². The molecule has 0 amide bonds. The maximum Gasteiger partial charge on any atom is 0.235 e. The molecule has 1 N–H and O–H groups in total. The lowest BCUT2D eigenvalue weighted by atomic mass is 10.1. The van der Waals surface area contributed by atoms with Crippen LogP contribution in [0.25, 0.3) is 33.2 Å². The number of H-pyrrole nitrogens is 1. The van der Waals surface area contributed by atoms with Crippen LogP contribution in [0.15, 0.2) is 88.2 Å². The van der Waals surface area contributed by atoms with E-state index in [9.17, 15) is 9.59 Å². The number of aryl methyl sites for hydroxylation is 1. The number of nitrogens with one attached hydrogen (secondary N) is 1. The number of rotatable bonds is 5. The maximum absolute atomic E-state index is 13.2. The fourth-order valence-electron chi connectivity index (χ4n) is 3.71. The molecule has 5 aromatic rings. The molecule has 0 unspecified atom stereocenters. The van der Waals surface area contributed by atoms with Gasteiger partial charge < -0.3 is 14.1 Å². The lowest BCUT2D eigenvalue weighted by Gasteiger charge is -2.11. The van der Waals surface area contributed by atoms with Gasteiger partial charge in [-0.15, -0.1) is 0 Å². The number of Topliss-reactive ketones (excluding diaryl/α,β-unsaturated/α-hetero) is 1. The van der Waals surface area contributed by atoms with Crippen LogP contribution in [0.2, 0.25) is 0 Å². The largest absolute Gasteiger partial charge is 0.478 e. The Morgan fingerprint density at radius 2 is 1.74 bits per heavy atom. The molecule has 31 heavy (non-hydrogen) atoms. The molecule has 0 radical (unpaired) electrons. The second kappa shape index (κ2) is 7.61. The highest BCUT2D eigenvalue weighted by Crippen LogP contribution is 2.31. The topological polar surface area (TPSA) is 72.3 Å². The van der Waals surface area contributed by atoms with Gasteiger partial charge in [-0.25, -0.2) is 0 Å². The second-order valence-corrected chi connectivity index (χ2v) is 7.41. The highest BCUT2D eigenvalue weighted by molar-refractivity contribution is 6.08. The van der Waals surface area contributed by atoms with E-state index in [0.717, 1.165) is 16.5 Å². The molecule has 5 rings (SSSR count). The number of hydrogen-bond donors (Lipinski definition) is 1. The Bertz CT molecular complexity index is 1480. The van der Waals surface area contributed by atoms with Gasteiger partial charge in [0, 0.05) is 28.2 Å². The first-order valence-electron chi connectivity index (χ1n) is 9.97. The molecule has 0 saturated carbocycles. The number of carbonyl (C=O) groups is 1. The molecule has 0 saturated heterocycles. The molecular weight excluding hydrogens is 390 g/mol. The lowest BCUT2D eigenvalue weighted by molar-refractivity contribution is 0.0922. The van der Waals surface area contributed by atoms with Crippen molar-refractivity contribution in [3.8, 4) is 17.1 Å². The zero-order valence-corrected chi connectivity index (χ0v) is 16.8. The molecular formula is C26H19NO4. The average molecular weight is 409 g/mol. The predicted octanol–water partition coefficient (Wildman–Crippen LogP) is 5.51. The molecule has 0 aliphatic heterocycles. The molecule has 0 aliphatic carbocycles. The average Bonchev–Trinajstić information content (AvgIpc) is 3.23. The molecule has 2 heterocycles. The van der Waals surface area contributed by atoms with Gasteiger partial charge in [-0.2, -0.15) is 0 Å². The number of hydrogen-bond acceptors (Lipinski definition) is 4. The minimum atomic E-state index is -0.299. The van der Waals surface area contributed by atoms with Gasteiger partial charge in [0.2, 0.25) is 17.0 Å². The van der Waals surface area contributed by atoms with E-state index in [1.54, 1.807) is 12.3 Å². The first-order valence-corrected chi connectivity index (χ1v) is 9.97. The highest BCUT2D eigenvalue weighted by Gasteiger charge is 2.20. The fourth-order valence-corrected chi connectivity index (χ4v) is 3.71. The quantitative estimate of drug-likeness (QED) is 0.389. The Morgan fingerprint density at radius 1 is 0.968 bits per heavy atom. The summed E-state index contributed by atoms with van der Waals surface area (Å²) in [5, 5.41) is 1.24. The van der Waals surface area contributed by atoms with Gasteiger partial charge in [-0.3, -0.25) is 9.59 Å². The Balaban J connectivity index is 1.57. The summed E-state index contributed by atoms with van der Waals surface area (Å²) in [5.41, 5.74) is 3.27. The Kier molecular flexibility index (Phi) is 4.64. The van der Waals surface area contributed by atoms with Gasteiger partial charge in [-0.05, 0) is 30.7 Å². The first-order chi connectivity index (χ1) is 15.1. The maximum atomic E-state index is 13.2. The molecule has 3 aromatic carbocycles. The number of benzene rings is 3. The second-order valence-electron chi connectivity index (χ2n) is 7.41. The van der Waals surface area contributed by atoms with E-state index in [1.807, 2.05) is 73.7 Å². The summed E-state index contributed by atoms with van der Waals surface area (Å²) in [6.45, 7) is 1.66. The number of aromatic amines is 1. The van der Waals surface area contributed by atoms with Gasteiger partial charge in [0.1, 0.15) is 5.58 Å². The zero-order chi connectivity index (χ0) is 21.4. The monoisotopic (exact) mass is 409 g/mol. The van der Waals surface area contributed by atoms with Gasteiger partial charge >= 0.3 is 0 Å². The third-order valence-corrected chi connectivity index (χ3v) is 5.28. The summed E-state index contributed by atoms with van der Waals surface area (Å²) in [7, 11) is 0. The number of fused-ring (bicyclic) bond motifs is 2. The van der Waals surface area contributed by atoms with Crippen LogP contribution >= 0.6 is 0 Å². The highest BCUT2D eigenvalue weighted by atomic mass is 16.5. The summed E-state index contributed by atoms with van der Waals surface area (Å²) in [6, 6.07) is 22.2. The van der Waals surface area contributed by atoms with Crippen molar-refractivity contribution < 1.29 is 13.9 Å². The minimum Gasteiger partial charge on any atom is -0.478 e. The van der Waals surface area contributed by atoms with Crippen molar-refractivity contribution in [3.05, 3.63) is 100 Å². The lowest BCUT2D eigenvalue weighted by Crippen LogP contribution is -2.17. The van der Waals surface area contributed by atoms with Crippen LogP contribution in [0.1, 0.15) is 15.9 Å². The molecule has 152 valence electrons. The van der Waals surface area contributed by atoms with E-state index in [2.05, 4.69) is 4.98 Å². The fraction of sp³-hybridized carbons (Fsp3) is 0.0769.